The first-order valence-corrected chi connectivity index (χ1v) is 9.71. The minimum absolute atomic E-state index is 0.184. The summed E-state index contributed by atoms with van der Waals surface area (Å²) < 4.78 is 12.3. The van der Waals surface area contributed by atoms with Crippen LogP contribution in [0.25, 0.3) is 0 Å². The number of aliphatic hydroxyl groups is 1. The van der Waals surface area contributed by atoms with Crippen molar-refractivity contribution in [3.05, 3.63) is 58.2 Å². The highest BCUT2D eigenvalue weighted by Crippen LogP contribution is 2.43. The molecule has 4 heteroatoms. The number of fused-ring (bicyclic) bond motifs is 1. The molecule has 0 fully saturated rings. The lowest BCUT2D eigenvalue weighted by Crippen LogP contribution is -2.39. The van der Waals surface area contributed by atoms with E-state index in [2.05, 4.69) is 19.9 Å². The summed E-state index contributed by atoms with van der Waals surface area (Å²) in [7, 11) is 0. The number of benzene rings is 2. The van der Waals surface area contributed by atoms with Gasteiger partial charge in [-0.1, -0.05) is 11.6 Å². The van der Waals surface area contributed by atoms with Crippen molar-refractivity contribution in [2.45, 2.75) is 66.1 Å². The van der Waals surface area contributed by atoms with E-state index in [1.165, 1.54) is 5.57 Å². The van der Waals surface area contributed by atoms with Gasteiger partial charge in [0, 0.05) is 23.6 Å². The summed E-state index contributed by atoms with van der Waals surface area (Å²) in [5.74, 6) is 2.30. The Morgan fingerprint density at radius 3 is 2.54 bits per heavy atom. The second-order valence-corrected chi connectivity index (χ2v) is 8.53. The first kappa shape index (κ1) is 20.3. The Labute approximate surface area is 167 Å². The van der Waals surface area contributed by atoms with Crippen molar-refractivity contribution in [3.63, 3.8) is 0 Å². The maximum atomic E-state index is 10.4. The van der Waals surface area contributed by atoms with Crippen LogP contribution in [0.3, 0.4) is 0 Å². The van der Waals surface area contributed by atoms with Gasteiger partial charge in [-0.15, -0.1) is 0 Å². The Hall–Kier alpha value is -2.46. The van der Waals surface area contributed by atoms with Crippen LogP contribution in [0, 0.1) is 13.8 Å². The van der Waals surface area contributed by atoms with Crippen LogP contribution in [0.5, 0.6) is 23.0 Å². The fourth-order valence-electron chi connectivity index (χ4n) is 3.47. The molecule has 0 spiro atoms. The van der Waals surface area contributed by atoms with Crippen molar-refractivity contribution in [2.75, 3.05) is 0 Å². The molecule has 1 atom stereocenters. The van der Waals surface area contributed by atoms with E-state index in [0.717, 1.165) is 34.4 Å². The molecule has 1 aliphatic rings. The molecule has 0 saturated heterocycles. The third kappa shape index (κ3) is 4.33. The number of aromatic hydroxyl groups is 1. The molecule has 0 radical (unpaired) electrons. The number of allylic oxidation sites excluding steroid dienone is 2. The van der Waals surface area contributed by atoms with Gasteiger partial charge in [-0.3, -0.25) is 0 Å². The van der Waals surface area contributed by atoms with Gasteiger partial charge in [0.2, 0.25) is 0 Å². The Kier molecular flexibility index (Phi) is 5.44. The van der Waals surface area contributed by atoms with Crippen LogP contribution in [0.15, 0.2) is 35.9 Å². The molecule has 2 aromatic rings. The number of aryl methyl sites for hydroxylation is 2. The van der Waals surface area contributed by atoms with Crippen LogP contribution in [-0.4, -0.2) is 21.9 Å². The third-order valence-corrected chi connectivity index (χ3v) is 5.11. The average molecular weight is 383 g/mol. The second kappa shape index (κ2) is 7.51. The van der Waals surface area contributed by atoms with E-state index in [1.807, 2.05) is 26.0 Å². The van der Waals surface area contributed by atoms with Crippen LogP contribution >= 0.6 is 0 Å². The predicted molar refractivity (Wildman–Crippen MR) is 112 cm³/mol. The maximum Gasteiger partial charge on any atom is 0.134 e. The summed E-state index contributed by atoms with van der Waals surface area (Å²) in [5, 5.41) is 20.5. The molecule has 4 nitrogen and oxygen atoms in total. The van der Waals surface area contributed by atoms with Gasteiger partial charge >= 0.3 is 0 Å². The highest BCUT2D eigenvalue weighted by atomic mass is 16.5. The first-order chi connectivity index (χ1) is 13.0. The molecule has 1 aliphatic heterocycles. The van der Waals surface area contributed by atoms with E-state index < -0.39 is 5.60 Å². The van der Waals surface area contributed by atoms with E-state index in [0.29, 0.717) is 17.9 Å². The van der Waals surface area contributed by atoms with E-state index in [-0.39, 0.29) is 11.9 Å². The van der Waals surface area contributed by atoms with E-state index in [1.54, 1.807) is 26.0 Å². The second-order valence-electron chi connectivity index (χ2n) is 8.53. The van der Waals surface area contributed by atoms with Gasteiger partial charge < -0.3 is 19.7 Å². The molecule has 3 rings (SSSR count). The number of phenols is 1. The lowest BCUT2D eigenvalue weighted by Gasteiger charge is -2.24. The number of hydrogen-bond acceptors (Lipinski definition) is 4. The van der Waals surface area contributed by atoms with E-state index >= 15 is 0 Å². The van der Waals surface area contributed by atoms with Gasteiger partial charge in [-0.2, -0.15) is 0 Å². The summed E-state index contributed by atoms with van der Waals surface area (Å²) in [6.07, 6.45) is 3.15. The van der Waals surface area contributed by atoms with E-state index in [9.17, 15) is 10.2 Å². The molecule has 2 N–H and O–H groups in total. The molecule has 2 aromatic carbocycles. The SMILES string of the molecule is CC(C)=CCc1c(C)cc(O)cc1Oc1cc(C)cc2c1C[C@H](C(C)(C)O)O2. The first-order valence-electron chi connectivity index (χ1n) is 9.71. The monoisotopic (exact) mass is 382 g/mol. The molecule has 0 bridgehead atoms. The van der Waals surface area contributed by atoms with Crippen LogP contribution < -0.4 is 9.47 Å². The predicted octanol–water partition coefficient (Wildman–Crippen LogP) is 5.38. The normalized spacial score (nSPS) is 15.8. The quantitative estimate of drug-likeness (QED) is 0.681. The lowest BCUT2D eigenvalue weighted by molar-refractivity contribution is -0.0229. The molecule has 0 amide bonds. The number of phenolic OH excluding ortho intramolecular Hbond substituents is 1. The zero-order valence-corrected chi connectivity index (χ0v) is 17.6. The van der Waals surface area contributed by atoms with Crippen molar-refractivity contribution in [2.24, 2.45) is 0 Å². The molecule has 0 aromatic heterocycles. The van der Waals surface area contributed by atoms with Gasteiger partial charge in [0.15, 0.2) is 0 Å². The number of hydrogen-bond donors (Lipinski definition) is 2. The van der Waals surface area contributed by atoms with Crippen molar-refractivity contribution in [1.82, 2.24) is 0 Å². The number of rotatable bonds is 5. The van der Waals surface area contributed by atoms with Crippen molar-refractivity contribution >= 4 is 0 Å². The van der Waals surface area contributed by atoms with Crippen LogP contribution in [-0.2, 0) is 12.8 Å². The fraction of sp³-hybridized carbons (Fsp3) is 0.417. The average Bonchev–Trinajstić information content (AvgIpc) is 2.98. The third-order valence-electron chi connectivity index (χ3n) is 5.11. The minimum atomic E-state index is -0.944. The Bertz CT molecular complexity index is 915. The maximum absolute atomic E-state index is 10.4. The minimum Gasteiger partial charge on any atom is -0.508 e. The molecule has 0 saturated carbocycles. The summed E-state index contributed by atoms with van der Waals surface area (Å²) in [5.41, 5.74) is 4.30. The molecular weight excluding hydrogens is 352 g/mol. The van der Waals surface area contributed by atoms with E-state index in [4.69, 9.17) is 9.47 Å². The largest absolute Gasteiger partial charge is 0.508 e. The Balaban J connectivity index is 2.01. The summed E-state index contributed by atoms with van der Waals surface area (Å²) in [4.78, 5) is 0. The van der Waals surface area contributed by atoms with Crippen LogP contribution in [0.1, 0.15) is 49.9 Å². The standard InChI is InChI=1S/C24H30O4/c1-14(2)7-8-18-16(4)11-17(25)12-22(18)27-20-9-15(3)10-21-19(20)13-23(28-21)24(5,6)26/h7,9-12,23,25-26H,8,13H2,1-6H3/t23-/m1/s1. The number of ether oxygens (including phenoxy) is 2. The van der Waals surface area contributed by atoms with Crippen molar-refractivity contribution in [3.8, 4) is 23.0 Å². The van der Waals surface area contributed by atoms with Gasteiger partial charge in [0.1, 0.15) is 29.1 Å². The molecule has 0 aliphatic carbocycles. The highest BCUT2D eigenvalue weighted by molar-refractivity contribution is 5.54. The molecule has 28 heavy (non-hydrogen) atoms. The van der Waals surface area contributed by atoms with Gasteiger partial charge in [-0.05, 0) is 77.3 Å². The molecule has 1 heterocycles. The molecule has 0 unspecified atom stereocenters. The summed E-state index contributed by atoms with van der Waals surface area (Å²) in [6.45, 7) is 11.6. The molecule has 150 valence electrons. The van der Waals surface area contributed by atoms with Crippen molar-refractivity contribution in [1.29, 1.82) is 0 Å². The zero-order valence-electron chi connectivity index (χ0n) is 17.6. The lowest BCUT2D eigenvalue weighted by atomic mass is 9.96. The highest BCUT2D eigenvalue weighted by Gasteiger charge is 2.36. The van der Waals surface area contributed by atoms with Crippen molar-refractivity contribution < 1.29 is 19.7 Å². The molecular formula is C24H30O4. The zero-order chi connectivity index (χ0) is 20.6. The smallest absolute Gasteiger partial charge is 0.134 e. The van der Waals surface area contributed by atoms with Crippen LogP contribution in [0.2, 0.25) is 0 Å². The summed E-state index contributed by atoms with van der Waals surface area (Å²) in [6, 6.07) is 7.39. The van der Waals surface area contributed by atoms with Crippen LogP contribution in [0.4, 0.5) is 0 Å². The Morgan fingerprint density at radius 1 is 1.18 bits per heavy atom. The topological polar surface area (TPSA) is 58.9 Å². The van der Waals surface area contributed by atoms with Gasteiger partial charge in [-0.25, -0.2) is 0 Å². The van der Waals surface area contributed by atoms with Gasteiger partial charge in [0.05, 0.1) is 5.60 Å². The fourth-order valence-corrected chi connectivity index (χ4v) is 3.47. The Morgan fingerprint density at radius 2 is 1.89 bits per heavy atom. The van der Waals surface area contributed by atoms with Gasteiger partial charge in [0.25, 0.3) is 0 Å². The summed E-state index contributed by atoms with van der Waals surface area (Å²) >= 11 is 0.